The standard InChI is InChI=1S/C19H25ClN5O9P/c1-19(28)14(26)12(8-33-35(29,30)31)34-17(19)25-9-24(13-15(25)22-18(21)23-16(13)27)6-7-32-11-4-2-10(20)3-5-11/h2-5,12,14,17,26,28H,6-9H2,1H3,(H2,29,30,31)(H3,21,22,23,27)/t12-,14-,17-,19-/m1/s1. The molecule has 3 heterocycles. The van der Waals surface area contributed by atoms with Crippen LogP contribution in [0.4, 0.5) is 17.5 Å². The number of halogens is 1. The number of rotatable bonds is 8. The van der Waals surface area contributed by atoms with Crippen LogP contribution in [0.3, 0.4) is 0 Å². The summed E-state index contributed by atoms with van der Waals surface area (Å²) in [4.78, 5) is 40.3. The second-order valence-corrected chi connectivity index (χ2v) is 9.96. The van der Waals surface area contributed by atoms with Gasteiger partial charge in [-0.25, -0.2) is 4.57 Å². The van der Waals surface area contributed by atoms with Crippen LogP contribution < -0.4 is 25.8 Å². The number of nitrogen functional groups attached to an aromatic ring is 1. The summed E-state index contributed by atoms with van der Waals surface area (Å²) in [5.41, 5.74) is 3.44. The molecule has 0 bridgehead atoms. The molecule has 4 atom stereocenters. The Kier molecular flexibility index (Phi) is 7.01. The Balaban J connectivity index is 1.55. The molecule has 1 saturated heterocycles. The number of benzene rings is 1. The van der Waals surface area contributed by atoms with Gasteiger partial charge in [0, 0.05) is 5.02 Å². The molecule has 1 aromatic heterocycles. The summed E-state index contributed by atoms with van der Waals surface area (Å²) in [6, 6.07) is 6.76. The van der Waals surface area contributed by atoms with E-state index in [1.165, 1.54) is 11.8 Å². The van der Waals surface area contributed by atoms with Crippen molar-refractivity contribution in [1.82, 2.24) is 9.97 Å². The number of ether oxygens (including phenoxy) is 2. The van der Waals surface area contributed by atoms with Gasteiger partial charge in [-0.3, -0.25) is 14.3 Å². The first-order valence-electron chi connectivity index (χ1n) is 10.4. The van der Waals surface area contributed by atoms with Crippen LogP contribution >= 0.6 is 19.4 Å². The third kappa shape index (κ3) is 5.39. The van der Waals surface area contributed by atoms with Crippen LogP contribution in [0.15, 0.2) is 29.1 Å². The maximum atomic E-state index is 12.7. The molecule has 2 aliphatic rings. The van der Waals surface area contributed by atoms with E-state index in [9.17, 15) is 19.6 Å². The summed E-state index contributed by atoms with van der Waals surface area (Å²) in [5, 5.41) is 22.1. The van der Waals surface area contributed by atoms with Crippen LogP contribution in [0.1, 0.15) is 6.92 Å². The zero-order valence-electron chi connectivity index (χ0n) is 18.4. The van der Waals surface area contributed by atoms with Gasteiger partial charge in [0.15, 0.2) is 12.0 Å². The second kappa shape index (κ2) is 9.56. The molecule has 0 radical (unpaired) electrons. The maximum absolute atomic E-state index is 12.7. The smallest absolute Gasteiger partial charge is 0.469 e. The highest BCUT2D eigenvalue weighted by Gasteiger charge is 2.56. The van der Waals surface area contributed by atoms with Crippen molar-refractivity contribution in [2.75, 3.05) is 42.0 Å². The molecular weight excluding hydrogens is 509 g/mol. The third-order valence-electron chi connectivity index (χ3n) is 5.69. The van der Waals surface area contributed by atoms with Crippen LogP contribution in [0.25, 0.3) is 0 Å². The minimum atomic E-state index is -4.84. The van der Waals surface area contributed by atoms with Crippen molar-refractivity contribution >= 4 is 36.9 Å². The lowest BCUT2D eigenvalue weighted by Crippen LogP contribution is -2.54. The predicted molar refractivity (Wildman–Crippen MR) is 124 cm³/mol. The number of fused-ring (bicyclic) bond motifs is 1. The van der Waals surface area contributed by atoms with E-state index in [1.54, 1.807) is 29.2 Å². The van der Waals surface area contributed by atoms with E-state index in [1.807, 2.05) is 0 Å². The molecule has 1 aromatic carbocycles. The molecule has 14 nitrogen and oxygen atoms in total. The fourth-order valence-corrected chi connectivity index (χ4v) is 4.51. The normalized spacial score (nSPS) is 26.3. The van der Waals surface area contributed by atoms with Gasteiger partial charge in [-0.05, 0) is 31.2 Å². The van der Waals surface area contributed by atoms with Crippen LogP contribution in [0.2, 0.25) is 5.02 Å². The highest BCUT2D eigenvalue weighted by molar-refractivity contribution is 7.46. The number of aliphatic hydroxyl groups excluding tert-OH is 1. The van der Waals surface area contributed by atoms with Gasteiger partial charge in [0.2, 0.25) is 5.95 Å². The fourth-order valence-electron chi connectivity index (χ4n) is 4.04. The number of H-pyrrole nitrogens is 1. The summed E-state index contributed by atoms with van der Waals surface area (Å²) in [6.07, 6.45) is -4.09. The molecular formula is C19H25ClN5O9P. The Morgan fingerprint density at radius 3 is 2.71 bits per heavy atom. The first-order chi connectivity index (χ1) is 16.4. The van der Waals surface area contributed by atoms with E-state index in [-0.39, 0.29) is 37.3 Å². The summed E-state index contributed by atoms with van der Waals surface area (Å²) in [5.74, 6) is 0.512. The highest BCUT2D eigenvalue weighted by atomic mass is 35.5. The van der Waals surface area contributed by atoms with Crippen molar-refractivity contribution < 1.29 is 38.6 Å². The lowest BCUT2D eigenvalue weighted by Gasteiger charge is -2.34. The van der Waals surface area contributed by atoms with Crippen LogP contribution in [0, 0.1) is 0 Å². The Hall–Kier alpha value is -2.42. The summed E-state index contributed by atoms with van der Waals surface area (Å²) in [7, 11) is -4.84. The van der Waals surface area contributed by atoms with Gasteiger partial charge in [-0.15, -0.1) is 0 Å². The number of phosphoric acid groups is 1. The van der Waals surface area contributed by atoms with Gasteiger partial charge in [0.25, 0.3) is 5.56 Å². The molecule has 1 fully saturated rings. The molecule has 192 valence electrons. The molecule has 7 N–H and O–H groups in total. The number of nitrogens with zero attached hydrogens (tertiary/aromatic N) is 3. The van der Waals surface area contributed by atoms with Crippen LogP contribution in [-0.4, -0.2) is 80.4 Å². The zero-order chi connectivity index (χ0) is 25.5. The number of hydrogen-bond acceptors (Lipinski definition) is 11. The number of aromatic amines is 1. The number of anilines is 3. The lowest BCUT2D eigenvalue weighted by atomic mass is 9.96. The average molecular weight is 534 g/mol. The van der Waals surface area contributed by atoms with Gasteiger partial charge < -0.3 is 45.0 Å². The second-order valence-electron chi connectivity index (χ2n) is 8.28. The molecule has 0 amide bonds. The largest absolute Gasteiger partial charge is 0.492 e. The Morgan fingerprint density at radius 1 is 1.37 bits per heavy atom. The average Bonchev–Trinajstić information content (AvgIpc) is 3.22. The van der Waals surface area contributed by atoms with Gasteiger partial charge in [0.1, 0.15) is 35.9 Å². The van der Waals surface area contributed by atoms with E-state index in [2.05, 4.69) is 14.5 Å². The molecule has 2 aromatic rings. The predicted octanol–water partition coefficient (Wildman–Crippen LogP) is -0.386. The molecule has 16 heteroatoms. The summed E-state index contributed by atoms with van der Waals surface area (Å²) in [6.45, 7) is 1.05. The van der Waals surface area contributed by atoms with Gasteiger partial charge >= 0.3 is 7.82 Å². The van der Waals surface area contributed by atoms with Gasteiger partial charge in [0.05, 0.1) is 19.8 Å². The fraction of sp³-hybridized carbons (Fsp3) is 0.474. The van der Waals surface area contributed by atoms with E-state index in [0.717, 1.165) is 0 Å². The van der Waals surface area contributed by atoms with E-state index in [0.29, 0.717) is 10.8 Å². The first kappa shape index (κ1) is 25.7. The molecule has 0 saturated carbocycles. The van der Waals surface area contributed by atoms with Crippen LogP contribution in [-0.2, 0) is 13.8 Å². The summed E-state index contributed by atoms with van der Waals surface area (Å²) < 4.78 is 27.0. The first-order valence-corrected chi connectivity index (χ1v) is 12.3. The minimum absolute atomic E-state index is 0.0124. The number of hydrogen-bond donors (Lipinski definition) is 6. The highest BCUT2D eigenvalue weighted by Crippen LogP contribution is 2.42. The number of aromatic nitrogens is 2. The maximum Gasteiger partial charge on any atom is 0.469 e. The number of nitrogens with one attached hydrogen (secondary N) is 1. The molecule has 0 unspecified atom stereocenters. The molecule has 2 aliphatic heterocycles. The third-order valence-corrected chi connectivity index (χ3v) is 6.43. The molecule has 4 rings (SSSR count). The van der Waals surface area contributed by atoms with E-state index >= 15 is 0 Å². The van der Waals surface area contributed by atoms with Gasteiger partial charge in [-0.2, -0.15) is 4.98 Å². The molecule has 0 spiro atoms. The van der Waals surface area contributed by atoms with Crippen LogP contribution in [0.5, 0.6) is 5.75 Å². The number of nitrogens with two attached hydrogens (primary N) is 1. The topological polar surface area (TPSA) is 204 Å². The zero-order valence-corrected chi connectivity index (χ0v) is 20.1. The Labute approximate surface area is 204 Å². The monoisotopic (exact) mass is 533 g/mol. The number of phosphoric ester groups is 1. The van der Waals surface area contributed by atoms with Gasteiger partial charge in [-0.1, -0.05) is 11.6 Å². The quantitative estimate of drug-likeness (QED) is 0.240. The molecule has 35 heavy (non-hydrogen) atoms. The van der Waals surface area contributed by atoms with E-state index in [4.69, 9.17) is 36.6 Å². The Morgan fingerprint density at radius 2 is 2.06 bits per heavy atom. The van der Waals surface area contributed by atoms with Crippen molar-refractivity contribution in [2.45, 2.75) is 31.0 Å². The lowest BCUT2D eigenvalue weighted by molar-refractivity contribution is -0.0632. The van der Waals surface area contributed by atoms with Crippen molar-refractivity contribution in [3.8, 4) is 5.75 Å². The molecule has 0 aliphatic carbocycles. The summed E-state index contributed by atoms with van der Waals surface area (Å²) >= 11 is 5.88. The number of aliphatic hydroxyl groups is 2. The minimum Gasteiger partial charge on any atom is -0.492 e. The van der Waals surface area contributed by atoms with Crippen molar-refractivity contribution in [2.24, 2.45) is 0 Å². The van der Waals surface area contributed by atoms with Crippen molar-refractivity contribution in [3.63, 3.8) is 0 Å². The SMILES string of the molecule is C[C@@]1(O)[C@H](O)[C@@H](COP(=O)(O)O)O[C@H]1N1CN(CCOc2ccc(Cl)cc2)c2c1nc(N)[nH]c2=O. The van der Waals surface area contributed by atoms with Crippen molar-refractivity contribution in [3.05, 3.63) is 39.6 Å². The van der Waals surface area contributed by atoms with E-state index < -0.39 is 44.0 Å². The Bertz CT molecular complexity index is 1170. The van der Waals surface area contributed by atoms with Crippen molar-refractivity contribution in [1.29, 1.82) is 0 Å².